The predicted molar refractivity (Wildman–Crippen MR) is 83.7 cm³/mol. The molecule has 4 nitrogen and oxygen atoms in total. The first-order valence-electron chi connectivity index (χ1n) is 7.65. The first kappa shape index (κ1) is 14.3. The second-order valence-electron chi connectivity index (χ2n) is 5.78. The fourth-order valence-corrected chi connectivity index (χ4v) is 3.17. The smallest absolute Gasteiger partial charge is 0.180 e. The zero-order valence-corrected chi connectivity index (χ0v) is 12.7. The van der Waals surface area contributed by atoms with E-state index in [-0.39, 0.29) is 5.78 Å². The van der Waals surface area contributed by atoms with E-state index in [0.29, 0.717) is 18.2 Å². The number of para-hydroxylation sites is 1. The Bertz CT molecular complexity index is 635. The van der Waals surface area contributed by atoms with Crippen molar-refractivity contribution in [2.24, 2.45) is 0 Å². The summed E-state index contributed by atoms with van der Waals surface area (Å²) in [6, 6.07) is 8.22. The molecule has 0 N–H and O–H groups in total. The average Bonchev–Trinajstić information content (AvgIpc) is 2.91. The van der Waals surface area contributed by atoms with E-state index in [4.69, 9.17) is 4.42 Å². The minimum atomic E-state index is 0.150. The van der Waals surface area contributed by atoms with E-state index < -0.39 is 0 Å². The maximum Gasteiger partial charge on any atom is 0.180 e. The van der Waals surface area contributed by atoms with Crippen LogP contribution in [0.1, 0.15) is 24.2 Å². The summed E-state index contributed by atoms with van der Waals surface area (Å²) in [7, 11) is 0. The molecule has 2 heterocycles. The molecule has 0 bridgehead atoms. The molecular formula is C17H22N2O2. The number of ketones is 1. The Morgan fingerprint density at radius 1 is 1.33 bits per heavy atom. The highest BCUT2D eigenvalue weighted by molar-refractivity contribution is 6.08. The van der Waals surface area contributed by atoms with Gasteiger partial charge < -0.3 is 4.42 Å². The molecule has 1 aromatic carbocycles. The number of nitrogens with zero attached hydrogens (tertiary/aromatic N) is 2. The minimum absolute atomic E-state index is 0.150. The van der Waals surface area contributed by atoms with Crippen LogP contribution < -0.4 is 0 Å². The van der Waals surface area contributed by atoms with Gasteiger partial charge in [0.25, 0.3) is 0 Å². The van der Waals surface area contributed by atoms with Crippen LogP contribution in [0.5, 0.6) is 0 Å². The summed E-state index contributed by atoms with van der Waals surface area (Å²) in [6.45, 7) is 8.93. The van der Waals surface area contributed by atoms with Gasteiger partial charge in [0.1, 0.15) is 11.8 Å². The van der Waals surface area contributed by atoms with Gasteiger partial charge in [-0.2, -0.15) is 0 Å². The molecule has 1 atom stereocenters. The Morgan fingerprint density at radius 2 is 2.14 bits per heavy atom. The van der Waals surface area contributed by atoms with Gasteiger partial charge in [-0.25, -0.2) is 0 Å². The highest BCUT2D eigenvalue weighted by Crippen LogP contribution is 2.21. The largest absolute Gasteiger partial charge is 0.464 e. The maximum atomic E-state index is 12.5. The van der Waals surface area contributed by atoms with Crippen molar-refractivity contribution in [3.05, 3.63) is 36.1 Å². The SMILES string of the molecule is CCN1CCN(CC(=O)c2coc3ccccc23)CC1C. The van der Waals surface area contributed by atoms with Crippen LogP contribution in [0.2, 0.25) is 0 Å². The number of hydrogen-bond donors (Lipinski definition) is 0. The molecule has 112 valence electrons. The van der Waals surface area contributed by atoms with E-state index in [1.54, 1.807) is 6.26 Å². The number of piperazine rings is 1. The lowest BCUT2D eigenvalue weighted by molar-refractivity contribution is 0.0723. The molecule has 21 heavy (non-hydrogen) atoms. The molecule has 3 rings (SSSR count). The Morgan fingerprint density at radius 3 is 2.90 bits per heavy atom. The van der Waals surface area contributed by atoms with Crippen LogP contribution in [0.3, 0.4) is 0 Å². The lowest BCUT2D eigenvalue weighted by Crippen LogP contribution is -2.52. The molecular weight excluding hydrogens is 264 g/mol. The molecule has 1 aliphatic rings. The van der Waals surface area contributed by atoms with Crippen LogP contribution in [0, 0.1) is 0 Å². The van der Waals surface area contributed by atoms with E-state index in [1.165, 1.54) is 0 Å². The van der Waals surface area contributed by atoms with Crippen molar-refractivity contribution in [1.29, 1.82) is 0 Å². The lowest BCUT2D eigenvalue weighted by atomic mass is 10.1. The van der Waals surface area contributed by atoms with Crippen molar-refractivity contribution in [3.63, 3.8) is 0 Å². The number of rotatable bonds is 4. The molecule has 1 saturated heterocycles. The fourth-order valence-electron chi connectivity index (χ4n) is 3.17. The second-order valence-corrected chi connectivity index (χ2v) is 5.78. The zero-order chi connectivity index (χ0) is 14.8. The number of benzene rings is 1. The maximum absolute atomic E-state index is 12.5. The molecule has 0 amide bonds. The molecule has 1 fully saturated rings. The Kier molecular flexibility index (Phi) is 4.08. The van der Waals surface area contributed by atoms with E-state index in [1.807, 2.05) is 24.3 Å². The van der Waals surface area contributed by atoms with Crippen LogP contribution in [-0.2, 0) is 0 Å². The molecule has 1 aliphatic heterocycles. The van der Waals surface area contributed by atoms with Gasteiger partial charge in [-0.3, -0.25) is 14.6 Å². The van der Waals surface area contributed by atoms with Gasteiger partial charge in [0.15, 0.2) is 5.78 Å². The van der Waals surface area contributed by atoms with Crippen LogP contribution in [-0.4, -0.2) is 54.3 Å². The normalized spacial score (nSPS) is 21.0. The summed E-state index contributed by atoms with van der Waals surface area (Å²) >= 11 is 0. The summed E-state index contributed by atoms with van der Waals surface area (Å²) in [4.78, 5) is 17.2. The van der Waals surface area contributed by atoms with Gasteiger partial charge in [-0.15, -0.1) is 0 Å². The van der Waals surface area contributed by atoms with Gasteiger partial charge in [0.2, 0.25) is 0 Å². The molecule has 0 aliphatic carbocycles. The number of hydrogen-bond acceptors (Lipinski definition) is 4. The Labute approximate surface area is 125 Å². The van der Waals surface area contributed by atoms with Crippen molar-refractivity contribution in [1.82, 2.24) is 9.80 Å². The number of Topliss-reactive ketones (excluding diaryl/α,β-unsaturated/α-hetero) is 1. The van der Waals surface area contributed by atoms with Crippen molar-refractivity contribution < 1.29 is 9.21 Å². The molecule has 4 heteroatoms. The Balaban J connectivity index is 1.70. The van der Waals surface area contributed by atoms with E-state index >= 15 is 0 Å². The topological polar surface area (TPSA) is 36.7 Å². The predicted octanol–water partition coefficient (Wildman–Crippen LogP) is 2.64. The third-order valence-electron chi connectivity index (χ3n) is 4.40. The molecule has 0 radical (unpaired) electrons. The highest BCUT2D eigenvalue weighted by Gasteiger charge is 2.24. The van der Waals surface area contributed by atoms with Gasteiger partial charge in [0, 0.05) is 31.1 Å². The number of carbonyl (C=O) groups excluding carboxylic acids is 1. The number of furan rings is 1. The zero-order valence-electron chi connectivity index (χ0n) is 12.7. The monoisotopic (exact) mass is 286 g/mol. The van der Waals surface area contributed by atoms with E-state index in [2.05, 4.69) is 23.6 Å². The number of likely N-dealkylation sites (N-methyl/N-ethyl adjacent to an activating group) is 1. The average molecular weight is 286 g/mol. The second kappa shape index (κ2) is 6.00. The summed E-state index contributed by atoms with van der Waals surface area (Å²) < 4.78 is 5.47. The first-order valence-corrected chi connectivity index (χ1v) is 7.65. The lowest BCUT2D eigenvalue weighted by Gasteiger charge is -2.38. The van der Waals surface area contributed by atoms with Crippen molar-refractivity contribution >= 4 is 16.8 Å². The standard InChI is InChI=1S/C17H22N2O2/c1-3-19-9-8-18(10-13(19)2)11-16(20)15-12-21-17-7-5-4-6-14(15)17/h4-7,12-13H,3,8-11H2,1-2H3. The molecule has 0 spiro atoms. The highest BCUT2D eigenvalue weighted by atomic mass is 16.3. The van der Waals surface area contributed by atoms with Gasteiger partial charge in [0.05, 0.1) is 12.1 Å². The van der Waals surface area contributed by atoms with Gasteiger partial charge >= 0.3 is 0 Å². The fraction of sp³-hybridized carbons (Fsp3) is 0.471. The third kappa shape index (κ3) is 2.87. The minimum Gasteiger partial charge on any atom is -0.464 e. The Hall–Kier alpha value is -1.65. The molecule has 1 unspecified atom stereocenters. The third-order valence-corrected chi connectivity index (χ3v) is 4.40. The summed E-state index contributed by atoms with van der Waals surface area (Å²) in [5.41, 5.74) is 1.49. The summed E-state index contributed by atoms with van der Waals surface area (Å²) in [6.07, 6.45) is 1.60. The molecule has 2 aromatic rings. The van der Waals surface area contributed by atoms with Crippen LogP contribution in [0.25, 0.3) is 11.0 Å². The number of fused-ring (bicyclic) bond motifs is 1. The van der Waals surface area contributed by atoms with Crippen LogP contribution >= 0.6 is 0 Å². The van der Waals surface area contributed by atoms with E-state index in [9.17, 15) is 4.79 Å². The quantitative estimate of drug-likeness (QED) is 0.810. The summed E-state index contributed by atoms with van der Waals surface area (Å²) in [5.74, 6) is 0.150. The summed E-state index contributed by atoms with van der Waals surface area (Å²) in [5, 5.41) is 0.919. The van der Waals surface area contributed by atoms with Gasteiger partial charge in [-0.1, -0.05) is 25.1 Å². The van der Waals surface area contributed by atoms with Crippen molar-refractivity contribution in [3.8, 4) is 0 Å². The van der Waals surface area contributed by atoms with Crippen molar-refractivity contribution in [2.45, 2.75) is 19.9 Å². The number of carbonyl (C=O) groups is 1. The van der Waals surface area contributed by atoms with E-state index in [0.717, 1.165) is 37.1 Å². The molecule has 1 aromatic heterocycles. The van der Waals surface area contributed by atoms with Crippen LogP contribution in [0.4, 0.5) is 0 Å². The van der Waals surface area contributed by atoms with Gasteiger partial charge in [-0.05, 0) is 19.5 Å². The van der Waals surface area contributed by atoms with Crippen molar-refractivity contribution in [2.75, 3.05) is 32.7 Å². The first-order chi connectivity index (χ1) is 10.2. The molecule has 0 saturated carbocycles. The van der Waals surface area contributed by atoms with Crippen LogP contribution in [0.15, 0.2) is 34.9 Å².